The predicted molar refractivity (Wildman–Crippen MR) is 96.5 cm³/mol. The molecule has 5 unspecified atom stereocenters. The van der Waals surface area contributed by atoms with E-state index in [4.69, 9.17) is 0 Å². The van der Waals surface area contributed by atoms with Crippen LogP contribution in [-0.2, 0) is 0 Å². The van der Waals surface area contributed by atoms with E-state index in [1.165, 1.54) is 38.5 Å². The molecule has 2 saturated carbocycles. The van der Waals surface area contributed by atoms with Crippen LogP contribution in [0.15, 0.2) is 12.2 Å². The average Bonchev–Trinajstić information content (AvgIpc) is 3.10. The Morgan fingerprint density at radius 2 is 1.71 bits per heavy atom. The molecule has 21 heavy (non-hydrogen) atoms. The van der Waals surface area contributed by atoms with Crippen molar-refractivity contribution >= 4 is 0 Å². The second kappa shape index (κ2) is 9.01. The molecule has 0 N–H and O–H groups in total. The van der Waals surface area contributed by atoms with E-state index in [-0.39, 0.29) is 0 Å². The minimum Gasteiger partial charge on any atom is -0.0885 e. The summed E-state index contributed by atoms with van der Waals surface area (Å²) < 4.78 is 0. The van der Waals surface area contributed by atoms with Gasteiger partial charge >= 0.3 is 0 Å². The van der Waals surface area contributed by atoms with Gasteiger partial charge in [-0.1, -0.05) is 53.7 Å². The van der Waals surface area contributed by atoms with Crippen molar-refractivity contribution in [1.29, 1.82) is 0 Å². The maximum atomic E-state index is 2.51. The van der Waals surface area contributed by atoms with Crippen LogP contribution in [0.4, 0.5) is 0 Å². The molecule has 0 radical (unpaired) electrons. The van der Waals surface area contributed by atoms with Crippen molar-refractivity contribution < 1.29 is 0 Å². The highest BCUT2D eigenvalue weighted by atomic mass is 14.7. The Morgan fingerprint density at radius 3 is 2.24 bits per heavy atom. The van der Waals surface area contributed by atoms with E-state index in [0.717, 1.165) is 29.1 Å². The average molecular weight is 293 g/mol. The van der Waals surface area contributed by atoms with Gasteiger partial charge in [-0.05, 0) is 80.5 Å². The van der Waals surface area contributed by atoms with E-state index in [1.54, 1.807) is 12.8 Å². The van der Waals surface area contributed by atoms with Gasteiger partial charge in [-0.3, -0.25) is 0 Å². The lowest BCUT2D eigenvalue weighted by molar-refractivity contribution is 0.349. The van der Waals surface area contributed by atoms with Gasteiger partial charge in [0.05, 0.1) is 0 Å². The minimum absolute atomic E-state index is 0.823. The number of allylic oxidation sites excluding steroid dienone is 2. The smallest absolute Gasteiger partial charge is 0.0235 e. The van der Waals surface area contributed by atoms with E-state index in [1.807, 2.05) is 27.7 Å². The summed E-state index contributed by atoms with van der Waals surface area (Å²) in [4.78, 5) is 0. The Bertz CT molecular complexity index is 303. The van der Waals surface area contributed by atoms with Gasteiger partial charge < -0.3 is 0 Å². The molecule has 0 heterocycles. The van der Waals surface area contributed by atoms with Gasteiger partial charge in [0.15, 0.2) is 0 Å². The van der Waals surface area contributed by atoms with E-state index in [0.29, 0.717) is 0 Å². The predicted octanol–water partition coefficient (Wildman–Crippen LogP) is 7.25. The second-order valence-electron chi connectivity index (χ2n) is 6.96. The van der Waals surface area contributed by atoms with Crippen LogP contribution >= 0.6 is 0 Å². The van der Waals surface area contributed by atoms with Crippen LogP contribution in [-0.4, -0.2) is 0 Å². The number of fused-ring (bicyclic) bond motifs is 1. The zero-order chi connectivity index (χ0) is 15.9. The Labute approximate surface area is 134 Å². The second-order valence-corrected chi connectivity index (χ2v) is 6.96. The summed E-state index contributed by atoms with van der Waals surface area (Å²) in [6.45, 7) is 12.9. The van der Waals surface area contributed by atoms with Crippen molar-refractivity contribution in [2.24, 2.45) is 29.1 Å². The fourth-order valence-corrected chi connectivity index (χ4v) is 5.28. The molecule has 0 heteroatoms. The van der Waals surface area contributed by atoms with Crippen LogP contribution in [0.5, 0.6) is 0 Å². The summed E-state index contributed by atoms with van der Waals surface area (Å²) in [6, 6.07) is 0. The molecule has 0 aromatic heterocycles. The van der Waals surface area contributed by atoms with Crippen molar-refractivity contribution in [2.75, 3.05) is 0 Å². The van der Waals surface area contributed by atoms with Crippen LogP contribution in [0.3, 0.4) is 0 Å². The van der Waals surface area contributed by atoms with Crippen LogP contribution in [0.25, 0.3) is 0 Å². The normalized spacial score (nSPS) is 39.5. The van der Waals surface area contributed by atoms with E-state index in [2.05, 4.69) is 26.0 Å². The molecule has 0 bridgehead atoms. The lowest BCUT2D eigenvalue weighted by Crippen LogP contribution is -2.06. The molecule has 2 fully saturated rings. The van der Waals surface area contributed by atoms with E-state index >= 15 is 0 Å². The molecule has 3 aliphatic rings. The maximum Gasteiger partial charge on any atom is -0.0235 e. The lowest BCUT2D eigenvalue weighted by atomic mass is 9.86. The summed E-state index contributed by atoms with van der Waals surface area (Å²) in [7, 11) is 0. The third-order valence-electron chi connectivity index (χ3n) is 6.33. The summed E-state index contributed by atoms with van der Waals surface area (Å²) >= 11 is 0. The summed E-state index contributed by atoms with van der Waals surface area (Å²) in [5.41, 5.74) is 0.823. The van der Waals surface area contributed by atoms with Gasteiger partial charge in [0, 0.05) is 0 Å². The van der Waals surface area contributed by atoms with Gasteiger partial charge in [-0.15, -0.1) is 0 Å². The van der Waals surface area contributed by atoms with Gasteiger partial charge in [0.1, 0.15) is 0 Å². The third kappa shape index (κ3) is 3.93. The Balaban J connectivity index is 0.000000510. The first-order valence-electron chi connectivity index (χ1n) is 9.93. The number of rotatable bonds is 4. The van der Waals surface area contributed by atoms with Crippen LogP contribution in [0.2, 0.25) is 0 Å². The van der Waals surface area contributed by atoms with Gasteiger partial charge in [0.2, 0.25) is 0 Å². The third-order valence-corrected chi connectivity index (χ3v) is 6.33. The van der Waals surface area contributed by atoms with Crippen molar-refractivity contribution in [1.82, 2.24) is 0 Å². The zero-order valence-corrected chi connectivity index (χ0v) is 15.6. The van der Waals surface area contributed by atoms with E-state index < -0.39 is 0 Å². The maximum absolute atomic E-state index is 2.51. The largest absolute Gasteiger partial charge is 0.0885 e. The highest BCUT2D eigenvalue weighted by molar-refractivity contribution is 5.15. The molecular formula is C21H40. The van der Waals surface area contributed by atoms with Crippen LogP contribution in [0.1, 0.15) is 92.9 Å². The van der Waals surface area contributed by atoms with Gasteiger partial charge in [-0.2, -0.15) is 0 Å². The van der Waals surface area contributed by atoms with Gasteiger partial charge in [0.25, 0.3) is 0 Å². The number of hydrogen-bond donors (Lipinski definition) is 0. The molecule has 0 aromatic rings. The first-order valence-corrected chi connectivity index (χ1v) is 9.93. The van der Waals surface area contributed by atoms with E-state index in [9.17, 15) is 0 Å². The molecule has 0 nitrogen and oxygen atoms in total. The molecule has 124 valence electrons. The fraction of sp³-hybridized carbons (Fsp3) is 0.905. The molecule has 5 atom stereocenters. The minimum atomic E-state index is 0.823. The highest BCUT2D eigenvalue weighted by Crippen LogP contribution is 2.73. The number of hydrogen-bond acceptors (Lipinski definition) is 0. The Hall–Kier alpha value is -0.260. The molecule has 0 saturated heterocycles. The van der Waals surface area contributed by atoms with Crippen molar-refractivity contribution in [3.63, 3.8) is 0 Å². The van der Waals surface area contributed by atoms with Crippen molar-refractivity contribution in [2.45, 2.75) is 92.9 Å². The van der Waals surface area contributed by atoms with Crippen LogP contribution in [0, 0.1) is 29.1 Å². The quantitative estimate of drug-likeness (QED) is 0.479. The first-order chi connectivity index (χ1) is 10.3. The van der Waals surface area contributed by atoms with Crippen molar-refractivity contribution in [3.8, 4) is 0 Å². The summed E-state index contributed by atoms with van der Waals surface area (Å²) in [6.07, 6.45) is 16.5. The topological polar surface area (TPSA) is 0 Å². The van der Waals surface area contributed by atoms with Crippen molar-refractivity contribution in [3.05, 3.63) is 12.2 Å². The molecule has 0 spiro atoms. The van der Waals surface area contributed by atoms with Gasteiger partial charge in [-0.25, -0.2) is 0 Å². The summed E-state index contributed by atoms with van der Waals surface area (Å²) in [5.74, 6) is 4.28. The monoisotopic (exact) mass is 292 g/mol. The Morgan fingerprint density at radius 1 is 1.00 bits per heavy atom. The molecule has 0 aliphatic heterocycles. The Kier molecular flexibility index (Phi) is 8.06. The molecular weight excluding hydrogens is 252 g/mol. The van der Waals surface area contributed by atoms with Crippen LogP contribution < -0.4 is 0 Å². The molecule has 3 rings (SSSR count). The summed E-state index contributed by atoms with van der Waals surface area (Å²) in [5, 5.41) is 0. The fourth-order valence-electron chi connectivity index (χ4n) is 5.28. The molecule has 3 aliphatic carbocycles. The highest BCUT2D eigenvalue weighted by Gasteiger charge is 2.66. The SMILES string of the molecule is CC.CC.CCC12CCC(C)C1C2CCC1CC=CCC1. The molecule has 0 aromatic carbocycles. The first kappa shape index (κ1) is 18.8. The lowest BCUT2D eigenvalue weighted by Gasteiger charge is -2.19. The molecule has 0 amide bonds. The standard InChI is InChI=1S/C17H28.2C2H6/c1-3-17-12-11-13(2)16(17)15(17)10-9-14-7-5-4-6-8-14;2*1-2/h4-5,13-16H,3,6-12H2,1-2H3;2*1-2H3. The zero-order valence-electron chi connectivity index (χ0n) is 15.6.